The quantitative estimate of drug-likeness (QED) is 0.0673. The number of rotatable bonds is 19. The SMILES string of the molecule is COc1nc(O[C@H]2CCc3c(-c4cccc5c4CC[C@@H]5Oc4nc(OC)c(CNC[C@H](O)CC(=O)O)cc4Br)cccc32)c(Br)cc1CNC[C@H](O)CC(=O)O. The third kappa shape index (κ3) is 9.79. The van der Waals surface area contributed by atoms with Gasteiger partial charge in [-0.05, 0) is 103 Å². The van der Waals surface area contributed by atoms with Gasteiger partial charge in [0.15, 0.2) is 0 Å². The highest BCUT2D eigenvalue weighted by atomic mass is 79.9. The lowest BCUT2D eigenvalue weighted by atomic mass is 9.91. The molecule has 0 amide bonds. The van der Waals surface area contributed by atoms with Gasteiger partial charge in [0.2, 0.25) is 23.5 Å². The maximum absolute atomic E-state index is 10.9. The zero-order valence-corrected chi connectivity index (χ0v) is 34.1. The lowest BCUT2D eigenvalue weighted by Crippen LogP contribution is -2.28. The summed E-state index contributed by atoms with van der Waals surface area (Å²) in [6.07, 6.45) is 0.0130. The van der Waals surface area contributed by atoms with Crippen LogP contribution in [0.1, 0.15) is 71.3 Å². The van der Waals surface area contributed by atoms with Crippen molar-refractivity contribution in [1.82, 2.24) is 20.6 Å². The number of ether oxygens (including phenoxy) is 4. The number of hydrogen-bond acceptors (Lipinski definition) is 12. The molecule has 4 atom stereocenters. The number of benzene rings is 2. The van der Waals surface area contributed by atoms with Crippen LogP contribution in [0.5, 0.6) is 23.5 Å². The number of methoxy groups -OCH3 is 2. The molecule has 2 aromatic carbocycles. The molecule has 6 rings (SSSR count). The molecule has 2 heterocycles. The van der Waals surface area contributed by atoms with Crippen molar-refractivity contribution >= 4 is 43.8 Å². The number of fused-ring (bicyclic) bond motifs is 2. The van der Waals surface area contributed by atoms with Crippen molar-refractivity contribution in [2.75, 3.05) is 27.3 Å². The normalized spacial score (nSPS) is 16.8. The first-order valence-corrected chi connectivity index (χ1v) is 19.8. The van der Waals surface area contributed by atoms with Crippen LogP contribution in [0.3, 0.4) is 0 Å². The van der Waals surface area contributed by atoms with Crippen molar-refractivity contribution in [3.8, 4) is 34.6 Å². The molecule has 0 unspecified atom stereocenters. The van der Waals surface area contributed by atoms with Gasteiger partial charge in [0.25, 0.3) is 0 Å². The summed E-state index contributed by atoms with van der Waals surface area (Å²) in [5.41, 5.74) is 8.43. The minimum Gasteiger partial charge on any atom is -0.481 e. The van der Waals surface area contributed by atoms with Gasteiger partial charge in [0.1, 0.15) is 12.2 Å². The third-order valence-electron chi connectivity index (χ3n) is 9.79. The average molecular weight is 901 g/mol. The molecule has 16 heteroatoms. The van der Waals surface area contributed by atoms with E-state index in [1.807, 2.05) is 12.1 Å². The van der Waals surface area contributed by atoms with E-state index < -0.39 is 24.1 Å². The standard InChI is InChI=1S/C40H44Br2N4O10/c1-53-37-21(17-43-19-23(47)15-35(49)50)13-31(41)39(45-37)55-33-11-9-27-25(5-3-7-29(27)33)26-6-4-8-30-28(26)10-12-34(30)56-40-32(42)14-22(38(46-40)54-2)18-44-20-24(48)16-36(51)52/h3-8,13-14,23-24,33-34,43-44,47-48H,9-12,15-20H2,1-2H3,(H,49,50)(H,51,52)/t23-,24-,33+,34+/m1/s1. The van der Waals surface area contributed by atoms with Crippen molar-refractivity contribution < 1.29 is 49.0 Å². The molecule has 0 bridgehead atoms. The Labute approximate surface area is 340 Å². The fourth-order valence-electron chi connectivity index (χ4n) is 7.31. The summed E-state index contributed by atoms with van der Waals surface area (Å²) in [4.78, 5) is 31.0. The predicted octanol–water partition coefficient (Wildman–Crippen LogP) is 5.67. The van der Waals surface area contributed by atoms with Crippen molar-refractivity contribution in [3.05, 3.63) is 90.9 Å². The second-order valence-electron chi connectivity index (χ2n) is 13.7. The van der Waals surface area contributed by atoms with Gasteiger partial charge in [-0.2, -0.15) is 9.97 Å². The average Bonchev–Trinajstić information content (AvgIpc) is 3.77. The number of aliphatic hydroxyl groups is 2. The number of halogens is 2. The molecule has 298 valence electrons. The molecule has 2 aliphatic carbocycles. The summed E-state index contributed by atoms with van der Waals surface area (Å²) in [5, 5.41) is 43.7. The van der Waals surface area contributed by atoms with E-state index >= 15 is 0 Å². The van der Waals surface area contributed by atoms with E-state index in [-0.39, 0.29) is 38.1 Å². The first kappa shape index (κ1) is 41.3. The van der Waals surface area contributed by atoms with Gasteiger partial charge in [0, 0.05) is 37.3 Å². The van der Waals surface area contributed by atoms with Gasteiger partial charge in [-0.3, -0.25) is 9.59 Å². The highest BCUT2D eigenvalue weighted by Gasteiger charge is 2.32. The Hall–Kier alpha value is -4.32. The Balaban J connectivity index is 1.16. The van der Waals surface area contributed by atoms with E-state index in [2.05, 4.69) is 88.9 Å². The number of aliphatic hydroxyl groups excluding tert-OH is 2. The second-order valence-corrected chi connectivity index (χ2v) is 15.4. The van der Waals surface area contributed by atoms with Crippen LogP contribution in [0.15, 0.2) is 57.5 Å². The Morgan fingerprint density at radius 3 is 1.50 bits per heavy atom. The smallest absolute Gasteiger partial charge is 0.306 e. The van der Waals surface area contributed by atoms with Gasteiger partial charge < -0.3 is 50.0 Å². The number of carbonyl (C=O) groups is 2. The van der Waals surface area contributed by atoms with Crippen molar-refractivity contribution in [2.24, 2.45) is 0 Å². The summed E-state index contributed by atoms with van der Waals surface area (Å²) in [6, 6.07) is 16.4. The van der Waals surface area contributed by atoms with Crippen LogP contribution in [0.25, 0.3) is 11.1 Å². The highest BCUT2D eigenvalue weighted by Crippen LogP contribution is 2.46. The maximum Gasteiger partial charge on any atom is 0.306 e. The zero-order chi connectivity index (χ0) is 39.9. The van der Waals surface area contributed by atoms with Crippen molar-refractivity contribution in [2.45, 2.75) is 76.0 Å². The Kier molecular flexibility index (Phi) is 13.8. The van der Waals surface area contributed by atoms with Crippen LogP contribution in [0.2, 0.25) is 0 Å². The Morgan fingerprint density at radius 1 is 0.714 bits per heavy atom. The van der Waals surface area contributed by atoms with Crippen molar-refractivity contribution in [3.63, 3.8) is 0 Å². The molecule has 0 fully saturated rings. The summed E-state index contributed by atoms with van der Waals surface area (Å²) in [7, 11) is 3.05. The fraction of sp³-hybridized carbons (Fsp3) is 0.400. The number of hydrogen-bond donors (Lipinski definition) is 6. The minimum atomic E-state index is -1.06. The summed E-state index contributed by atoms with van der Waals surface area (Å²) in [5.74, 6) is -0.598. The third-order valence-corrected chi connectivity index (χ3v) is 10.9. The molecule has 0 radical (unpaired) electrons. The van der Waals surface area contributed by atoms with E-state index in [1.54, 1.807) is 0 Å². The summed E-state index contributed by atoms with van der Waals surface area (Å²) in [6.45, 7) is 0.836. The first-order valence-electron chi connectivity index (χ1n) is 18.2. The van der Waals surface area contributed by atoms with Crippen LogP contribution in [-0.4, -0.2) is 81.8 Å². The number of aromatic nitrogens is 2. The van der Waals surface area contributed by atoms with E-state index in [4.69, 9.17) is 29.2 Å². The second kappa shape index (κ2) is 18.7. The number of nitrogens with one attached hydrogen (secondary N) is 2. The molecule has 6 N–H and O–H groups in total. The largest absolute Gasteiger partial charge is 0.481 e. The number of nitrogens with zero attached hydrogens (tertiary/aromatic N) is 2. The summed E-state index contributed by atoms with van der Waals surface area (Å²) < 4.78 is 25.5. The molecule has 0 saturated carbocycles. The van der Waals surface area contributed by atoms with Crippen LogP contribution < -0.4 is 29.6 Å². The Morgan fingerprint density at radius 2 is 1.12 bits per heavy atom. The molecule has 56 heavy (non-hydrogen) atoms. The van der Waals surface area contributed by atoms with E-state index in [0.717, 1.165) is 59.1 Å². The molecule has 14 nitrogen and oxygen atoms in total. The highest BCUT2D eigenvalue weighted by molar-refractivity contribution is 9.10. The monoisotopic (exact) mass is 898 g/mol. The zero-order valence-electron chi connectivity index (χ0n) is 30.9. The number of carboxylic acid groups (broad SMARTS) is 2. The van der Waals surface area contributed by atoms with Gasteiger partial charge >= 0.3 is 11.9 Å². The molecule has 0 spiro atoms. The molecule has 2 aromatic heterocycles. The molecule has 0 aliphatic heterocycles. The van der Waals surface area contributed by atoms with Crippen molar-refractivity contribution in [1.29, 1.82) is 0 Å². The molecule has 2 aliphatic rings. The lowest BCUT2D eigenvalue weighted by molar-refractivity contribution is -0.140. The van der Waals surface area contributed by atoms with Crippen LogP contribution in [0, 0.1) is 0 Å². The first-order chi connectivity index (χ1) is 26.9. The molecule has 4 aromatic rings. The molecular weight excluding hydrogens is 856 g/mol. The number of aliphatic carboxylic acids is 2. The minimum absolute atomic E-state index is 0.107. The van der Waals surface area contributed by atoms with Gasteiger partial charge in [0.05, 0.1) is 48.2 Å². The van der Waals surface area contributed by atoms with E-state index in [9.17, 15) is 19.8 Å². The molecular formula is C40H44Br2N4O10. The fourth-order valence-corrected chi connectivity index (χ4v) is 8.22. The van der Waals surface area contributed by atoms with E-state index in [0.29, 0.717) is 45.6 Å². The molecule has 0 saturated heterocycles. The topological polar surface area (TPSA) is 202 Å². The van der Waals surface area contributed by atoms with Crippen LogP contribution in [0.4, 0.5) is 0 Å². The van der Waals surface area contributed by atoms with Crippen LogP contribution >= 0.6 is 31.9 Å². The van der Waals surface area contributed by atoms with Gasteiger partial charge in [-0.15, -0.1) is 0 Å². The summed E-state index contributed by atoms with van der Waals surface area (Å²) >= 11 is 7.22. The van der Waals surface area contributed by atoms with Gasteiger partial charge in [-0.25, -0.2) is 0 Å². The number of pyridine rings is 2. The van der Waals surface area contributed by atoms with E-state index in [1.165, 1.54) is 25.3 Å². The maximum atomic E-state index is 10.9. The number of carboxylic acids is 2. The Bertz CT molecular complexity index is 1920. The van der Waals surface area contributed by atoms with Gasteiger partial charge in [-0.1, -0.05) is 36.4 Å². The predicted molar refractivity (Wildman–Crippen MR) is 212 cm³/mol. The van der Waals surface area contributed by atoms with Crippen LogP contribution in [-0.2, 0) is 35.5 Å². The lowest BCUT2D eigenvalue weighted by Gasteiger charge is -2.19.